The Bertz CT molecular complexity index is 918. The molecule has 1 aliphatic heterocycles. The molecule has 8 heteroatoms. The highest BCUT2D eigenvalue weighted by atomic mass is 35.5. The van der Waals surface area contributed by atoms with Crippen molar-refractivity contribution < 1.29 is 19.1 Å². The summed E-state index contributed by atoms with van der Waals surface area (Å²) in [5.41, 5.74) is 1.11. The Morgan fingerprint density at radius 3 is 2.66 bits per heavy atom. The zero-order valence-electron chi connectivity index (χ0n) is 16.0. The number of nitrogens with zero attached hydrogens (tertiary/aromatic N) is 1. The van der Waals surface area contributed by atoms with Gasteiger partial charge in [-0.15, -0.1) is 0 Å². The maximum absolute atomic E-state index is 12.4. The van der Waals surface area contributed by atoms with Crippen molar-refractivity contribution >= 4 is 35.0 Å². The van der Waals surface area contributed by atoms with Crippen molar-refractivity contribution in [2.45, 2.75) is 6.42 Å². The van der Waals surface area contributed by atoms with Crippen molar-refractivity contribution in [3.63, 3.8) is 0 Å². The van der Waals surface area contributed by atoms with Crippen molar-refractivity contribution in [2.75, 3.05) is 31.6 Å². The van der Waals surface area contributed by atoms with E-state index in [1.807, 2.05) is 0 Å². The number of carbonyl (C=O) groups excluding carboxylic acids is 3. The summed E-state index contributed by atoms with van der Waals surface area (Å²) < 4.78 is 5.17. The molecule has 1 unspecified atom stereocenters. The molecular formula is C21H22ClN3O4. The van der Waals surface area contributed by atoms with Crippen LogP contribution in [0.25, 0.3) is 0 Å². The Labute approximate surface area is 174 Å². The van der Waals surface area contributed by atoms with Gasteiger partial charge in [-0.2, -0.15) is 0 Å². The molecule has 1 atom stereocenters. The molecule has 3 rings (SSSR count). The van der Waals surface area contributed by atoms with Gasteiger partial charge in [0.1, 0.15) is 5.75 Å². The van der Waals surface area contributed by atoms with E-state index in [4.69, 9.17) is 16.3 Å². The average molecular weight is 416 g/mol. The van der Waals surface area contributed by atoms with E-state index in [1.165, 1.54) is 7.11 Å². The molecule has 0 saturated carbocycles. The smallest absolute Gasteiger partial charge is 0.255 e. The largest absolute Gasteiger partial charge is 0.496 e. The number of rotatable bonds is 7. The minimum Gasteiger partial charge on any atom is -0.496 e. The number of anilines is 1. The molecule has 152 valence electrons. The van der Waals surface area contributed by atoms with E-state index in [1.54, 1.807) is 53.4 Å². The van der Waals surface area contributed by atoms with Crippen molar-refractivity contribution in [1.29, 1.82) is 0 Å². The van der Waals surface area contributed by atoms with Crippen LogP contribution < -0.4 is 20.3 Å². The second-order valence-corrected chi connectivity index (χ2v) is 7.07. The molecule has 2 aromatic rings. The van der Waals surface area contributed by atoms with Gasteiger partial charge < -0.3 is 20.3 Å². The fraction of sp³-hybridized carbons (Fsp3) is 0.286. The fourth-order valence-electron chi connectivity index (χ4n) is 3.21. The van der Waals surface area contributed by atoms with Crippen LogP contribution in [0, 0.1) is 5.92 Å². The minimum absolute atomic E-state index is 0.114. The van der Waals surface area contributed by atoms with E-state index < -0.39 is 5.92 Å². The lowest BCUT2D eigenvalue weighted by atomic mass is 10.1. The van der Waals surface area contributed by atoms with Gasteiger partial charge in [-0.3, -0.25) is 14.4 Å². The molecule has 1 heterocycles. The second kappa shape index (κ2) is 9.43. The van der Waals surface area contributed by atoms with Crippen LogP contribution in [0.2, 0.25) is 5.02 Å². The van der Waals surface area contributed by atoms with Crippen LogP contribution in [-0.4, -0.2) is 44.5 Å². The van der Waals surface area contributed by atoms with E-state index in [0.29, 0.717) is 28.6 Å². The van der Waals surface area contributed by atoms with Crippen LogP contribution in [0.1, 0.15) is 16.8 Å². The Hall–Kier alpha value is -3.06. The molecule has 7 nitrogen and oxygen atoms in total. The quantitative estimate of drug-likeness (QED) is 0.679. The van der Waals surface area contributed by atoms with Gasteiger partial charge in [0.2, 0.25) is 11.8 Å². The van der Waals surface area contributed by atoms with Crippen molar-refractivity contribution in [3.8, 4) is 5.75 Å². The predicted octanol–water partition coefficient (Wildman–Crippen LogP) is 2.25. The first-order chi connectivity index (χ1) is 14.0. The van der Waals surface area contributed by atoms with Crippen LogP contribution in [0.15, 0.2) is 48.5 Å². The van der Waals surface area contributed by atoms with Gasteiger partial charge in [0, 0.05) is 36.8 Å². The predicted molar refractivity (Wildman–Crippen MR) is 110 cm³/mol. The number of para-hydroxylation sites is 1. The summed E-state index contributed by atoms with van der Waals surface area (Å²) in [5, 5.41) is 6.05. The van der Waals surface area contributed by atoms with Crippen molar-refractivity contribution in [1.82, 2.24) is 10.6 Å². The highest BCUT2D eigenvalue weighted by Gasteiger charge is 2.35. The monoisotopic (exact) mass is 415 g/mol. The second-order valence-electron chi connectivity index (χ2n) is 6.63. The Balaban J connectivity index is 1.46. The summed E-state index contributed by atoms with van der Waals surface area (Å²) in [7, 11) is 1.50. The van der Waals surface area contributed by atoms with Gasteiger partial charge in [-0.05, 0) is 30.3 Å². The number of benzene rings is 2. The highest BCUT2D eigenvalue weighted by molar-refractivity contribution is 6.31. The number of halogens is 1. The molecule has 0 aliphatic carbocycles. The number of ether oxygens (including phenoxy) is 1. The van der Waals surface area contributed by atoms with E-state index in [0.717, 1.165) is 0 Å². The average Bonchev–Trinajstić information content (AvgIpc) is 3.12. The van der Waals surface area contributed by atoms with Crippen LogP contribution in [-0.2, 0) is 9.59 Å². The number of carbonyl (C=O) groups is 3. The minimum atomic E-state index is -0.439. The molecule has 3 amide bonds. The fourth-order valence-corrected chi connectivity index (χ4v) is 3.39. The Morgan fingerprint density at radius 1 is 1.14 bits per heavy atom. The van der Waals surface area contributed by atoms with Gasteiger partial charge in [-0.25, -0.2) is 0 Å². The summed E-state index contributed by atoms with van der Waals surface area (Å²) in [6.07, 6.45) is 0.145. The molecular weight excluding hydrogens is 394 g/mol. The molecule has 2 aromatic carbocycles. The zero-order chi connectivity index (χ0) is 20.8. The summed E-state index contributed by atoms with van der Waals surface area (Å²) in [6.45, 7) is 0.835. The molecule has 2 N–H and O–H groups in total. The topological polar surface area (TPSA) is 87.7 Å². The lowest BCUT2D eigenvalue weighted by Gasteiger charge is -2.17. The molecule has 1 saturated heterocycles. The van der Waals surface area contributed by atoms with E-state index in [2.05, 4.69) is 10.6 Å². The van der Waals surface area contributed by atoms with Crippen LogP contribution in [0.5, 0.6) is 5.75 Å². The zero-order valence-corrected chi connectivity index (χ0v) is 16.7. The summed E-state index contributed by atoms with van der Waals surface area (Å²) in [6, 6.07) is 13.9. The standard InChI is InChI=1S/C21H22ClN3O4/c1-29-18-8-3-2-7-17(18)21(28)24-10-9-23-20(27)14-11-19(26)25(13-14)16-6-4-5-15(22)12-16/h2-8,12,14H,9-11,13H2,1H3,(H,23,27)(H,24,28). The van der Waals surface area contributed by atoms with Crippen LogP contribution in [0.3, 0.4) is 0 Å². The van der Waals surface area contributed by atoms with E-state index in [-0.39, 0.29) is 37.2 Å². The third-order valence-electron chi connectivity index (χ3n) is 4.68. The maximum Gasteiger partial charge on any atom is 0.255 e. The highest BCUT2D eigenvalue weighted by Crippen LogP contribution is 2.27. The molecule has 0 spiro atoms. The SMILES string of the molecule is COc1ccccc1C(=O)NCCNC(=O)C1CC(=O)N(c2cccc(Cl)c2)C1. The first-order valence-electron chi connectivity index (χ1n) is 9.24. The molecule has 1 fully saturated rings. The third kappa shape index (κ3) is 5.06. The number of hydrogen-bond donors (Lipinski definition) is 2. The van der Waals surface area contributed by atoms with E-state index in [9.17, 15) is 14.4 Å². The van der Waals surface area contributed by atoms with Gasteiger partial charge in [-0.1, -0.05) is 29.8 Å². The summed E-state index contributed by atoms with van der Waals surface area (Å²) in [4.78, 5) is 38.5. The normalized spacial score (nSPS) is 15.9. The Kier molecular flexibility index (Phi) is 6.72. The summed E-state index contributed by atoms with van der Waals surface area (Å²) in [5.74, 6) is -0.558. The first-order valence-corrected chi connectivity index (χ1v) is 9.62. The lowest BCUT2D eigenvalue weighted by molar-refractivity contribution is -0.126. The van der Waals surface area contributed by atoms with Crippen LogP contribution in [0.4, 0.5) is 5.69 Å². The summed E-state index contributed by atoms with van der Waals surface area (Å²) >= 11 is 5.98. The maximum atomic E-state index is 12.4. The first kappa shape index (κ1) is 20.7. The number of hydrogen-bond acceptors (Lipinski definition) is 4. The lowest BCUT2D eigenvalue weighted by Crippen LogP contribution is -2.38. The number of nitrogens with one attached hydrogen (secondary N) is 2. The molecule has 0 radical (unpaired) electrons. The Morgan fingerprint density at radius 2 is 1.90 bits per heavy atom. The van der Waals surface area contributed by atoms with Gasteiger partial charge in [0.25, 0.3) is 5.91 Å². The van der Waals surface area contributed by atoms with Gasteiger partial charge >= 0.3 is 0 Å². The van der Waals surface area contributed by atoms with E-state index >= 15 is 0 Å². The number of methoxy groups -OCH3 is 1. The number of amides is 3. The van der Waals surface area contributed by atoms with Gasteiger partial charge in [0.15, 0.2) is 0 Å². The molecule has 1 aliphatic rings. The van der Waals surface area contributed by atoms with Crippen molar-refractivity contribution in [2.24, 2.45) is 5.92 Å². The van der Waals surface area contributed by atoms with Crippen molar-refractivity contribution in [3.05, 3.63) is 59.1 Å². The van der Waals surface area contributed by atoms with Crippen LogP contribution >= 0.6 is 11.6 Å². The van der Waals surface area contributed by atoms with Gasteiger partial charge in [0.05, 0.1) is 18.6 Å². The molecule has 0 bridgehead atoms. The molecule has 0 aromatic heterocycles. The third-order valence-corrected chi connectivity index (χ3v) is 4.91. The molecule has 29 heavy (non-hydrogen) atoms.